The zero-order valence-electron chi connectivity index (χ0n) is 16.0. The Hall–Kier alpha value is -0.710. The molecule has 1 aromatic rings. The number of ether oxygens (including phenoxy) is 1. The SMILES string of the molecule is Cc1ccc(S(=O)(=O)N(CCCN2CCOCC2)C2CCS(=O)(=O)C2)cc1Cl. The Morgan fingerprint density at radius 2 is 2.00 bits per heavy atom. The molecule has 0 N–H and O–H groups in total. The third-order valence-corrected chi connectivity index (χ3v) is 9.43. The van der Waals surface area contributed by atoms with Crippen LogP contribution in [0, 0.1) is 6.92 Å². The molecule has 0 aliphatic carbocycles. The Bertz CT molecular complexity index is 899. The van der Waals surface area contributed by atoms with Gasteiger partial charge in [-0.25, -0.2) is 16.8 Å². The lowest BCUT2D eigenvalue weighted by atomic mass is 10.2. The van der Waals surface area contributed by atoms with E-state index in [1.807, 2.05) is 6.92 Å². The molecule has 2 fully saturated rings. The summed E-state index contributed by atoms with van der Waals surface area (Å²) in [7, 11) is -7.04. The molecule has 0 bridgehead atoms. The first-order chi connectivity index (χ1) is 13.2. The highest BCUT2D eigenvalue weighted by atomic mass is 35.5. The van der Waals surface area contributed by atoms with Crippen LogP contribution in [0.3, 0.4) is 0 Å². The van der Waals surface area contributed by atoms with E-state index in [1.54, 1.807) is 6.07 Å². The number of hydrogen-bond acceptors (Lipinski definition) is 6. The first-order valence-electron chi connectivity index (χ1n) is 9.47. The second-order valence-corrected chi connectivity index (χ2v) is 11.9. The molecule has 2 heterocycles. The zero-order valence-corrected chi connectivity index (χ0v) is 18.4. The lowest BCUT2D eigenvalue weighted by molar-refractivity contribution is 0.0367. The van der Waals surface area contributed by atoms with Gasteiger partial charge in [0.2, 0.25) is 10.0 Å². The highest BCUT2D eigenvalue weighted by Crippen LogP contribution is 2.28. The summed E-state index contributed by atoms with van der Waals surface area (Å²) < 4.78 is 57.3. The maximum Gasteiger partial charge on any atom is 0.243 e. The van der Waals surface area contributed by atoms with Crippen LogP contribution >= 0.6 is 11.6 Å². The van der Waals surface area contributed by atoms with E-state index >= 15 is 0 Å². The number of hydrogen-bond donors (Lipinski definition) is 0. The Labute approximate surface area is 172 Å². The minimum absolute atomic E-state index is 0.0296. The number of halogens is 1. The fourth-order valence-corrected chi connectivity index (χ4v) is 7.44. The quantitative estimate of drug-likeness (QED) is 0.626. The Morgan fingerprint density at radius 1 is 1.29 bits per heavy atom. The molecule has 2 saturated heterocycles. The molecule has 0 spiro atoms. The van der Waals surface area contributed by atoms with E-state index < -0.39 is 25.9 Å². The standard InChI is InChI=1S/C18H27ClN2O5S2/c1-15-3-4-17(13-18(15)19)28(24,25)21(16-5-12-27(22,23)14-16)7-2-6-20-8-10-26-11-9-20/h3-4,13,16H,2,5-12,14H2,1H3. The number of sulfonamides is 1. The molecule has 28 heavy (non-hydrogen) atoms. The van der Waals surface area contributed by atoms with Gasteiger partial charge in [-0.1, -0.05) is 17.7 Å². The van der Waals surface area contributed by atoms with Gasteiger partial charge < -0.3 is 4.74 Å². The van der Waals surface area contributed by atoms with Gasteiger partial charge in [0.25, 0.3) is 0 Å². The van der Waals surface area contributed by atoms with Crippen LogP contribution in [-0.4, -0.2) is 83.0 Å². The minimum atomic E-state index is -3.84. The Balaban J connectivity index is 1.79. The molecule has 0 saturated carbocycles. The van der Waals surface area contributed by atoms with Crippen LogP contribution in [0.5, 0.6) is 0 Å². The topological polar surface area (TPSA) is 84.0 Å². The maximum absolute atomic E-state index is 13.3. The van der Waals surface area contributed by atoms with Crippen LogP contribution in [-0.2, 0) is 24.6 Å². The summed E-state index contributed by atoms with van der Waals surface area (Å²) in [5, 5.41) is 0.383. The second kappa shape index (κ2) is 8.97. The van der Waals surface area contributed by atoms with Crippen molar-refractivity contribution in [2.75, 3.05) is 50.9 Å². The van der Waals surface area contributed by atoms with Crippen LogP contribution in [0.4, 0.5) is 0 Å². The van der Waals surface area contributed by atoms with E-state index in [4.69, 9.17) is 16.3 Å². The smallest absolute Gasteiger partial charge is 0.243 e. The Kier molecular flexibility index (Phi) is 7.05. The first-order valence-corrected chi connectivity index (χ1v) is 13.1. The summed E-state index contributed by atoms with van der Waals surface area (Å²) in [5.41, 5.74) is 0.794. The minimum Gasteiger partial charge on any atom is -0.379 e. The van der Waals surface area contributed by atoms with Crippen molar-refractivity contribution >= 4 is 31.5 Å². The van der Waals surface area contributed by atoms with Crippen molar-refractivity contribution in [3.8, 4) is 0 Å². The monoisotopic (exact) mass is 450 g/mol. The van der Waals surface area contributed by atoms with E-state index in [2.05, 4.69) is 4.90 Å². The average Bonchev–Trinajstić information content (AvgIpc) is 3.01. The summed E-state index contributed by atoms with van der Waals surface area (Å²) in [6.45, 7) is 5.88. The van der Waals surface area contributed by atoms with E-state index in [-0.39, 0.29) is 22.9 Å². The molecule has 0 amide bonds. The normalized spacial score (nSPS) is 23.3. The van der Waals surface area contributed by atoms with Gasteiger partial charge in [0.1, 0.15) is 0 Å². The number of rotatable bonds is 7. The highest BCUT2D eigenvalue weighted by Gasteiger charge is 2.38. The molecule has 2 aliphatic heterocycles. The van der Waals surface area contributed by atoms with Crippen LogP contribution in [0.1, 0.15) is 18.4 Å². The van der Waals surface area contributed by atoms with Gasteiger partial charge >= 0.3 is 0 Å². The van der Waals surface area contributed by atoms with Gasteiger partial charge in [0, 0.05) is 30.7 Å². The number of benzene rings is 1. The lowest BCUT2D eigenvalue weighted by Gasteiger charge is -2.30. The van der Waals surface area contributed by atoms with Gasteiger partial charge in [-0.15, -0.1) is 0 Å². The lowest BCUT2D eigenvalue weighted by Crippen LogP contribution is -2.43. The summed E-state index contributed by atoms with van der Waals surface area (Å²) in [4.78, 5) is 2.35. The fraction of sp³-hybridized carbons (Fsp3) is 0.667. The third-order valence-electron chi connectivity index (χ3n) is 5.32. The predicted molar refractivity (Wildman–Crippen MR) is 109 cm³/mol. The first kappa shape index (κ1) is 22.0. The number of morpholine rings is 1. The van der Waals surface area contributed by atoms with E-state index in [0.717, 1.165) is 25.2 Å². The van der Waals surface area contributed by atoms with Crippen molar-refractivity contribution in [1.29, 1.82) is 0 Å². The third kappa shape index (κ3) is 5.25. The van der Waals surface area contributed by atoms with Crippen LogP contribution in [0.25, 0.3) is 0 Å². The van der Waals surface area contributed by atoms with E-state index in [0.29, 0.717) is 31.1 Å². The van der Waals surface area contributed by atoms with Crippen molar-refractivity contribution in [1.82, 2.24) is 9.21 Å². The fourth-order valence-electron chi connectivity index (χ4n) is 3.65. The molecular formula is C18H27ClN2O5S2. The van der Waals surface area contributed by atoms with Gasteiger partial charge in [0.05, 0.1) is 29.6 Å². The Morgan fingerprint density at radius 3 is 2.61 bits per heavy atom. The average molecular weight is 451 g/mol. The maximum atomic E-state index is 13.3. The van der Waals surface area contributed by atoms with E-state index in [9.17, 15) is 16.8 Å². The van der Waals surface area contributed by atoms with Crippen molar-refractivity contribution in [2.24, 2.45) is 0 Å². The zero-order chi connectivity index (χ0) is 20.4. The van der Waals surface area contributed by atoms with Gasteiger partial charge in [-0.3, -0.25) is 4.90 Å². The molecule has 3 rings (SSSR count). The van der Waals surface area contributed by atoms with Gasteiger partial charge in [-0.2, -0.15) is 4.31 Å². The summed E-state index contributed by atoms with van der Waals surface area (Å²) in [6.07, 6.45) is 0.966. The molecule has 158 valence electrons. The molecule has 10 heteroatoms. The highest BCUT2D eigenvalue weighted by molar-refractivity contribution is 7.92. The summed E-state index contributed by atoms with van der Waals surface area (Å²) in [6, 6.07) is 4.13. The molecule has 1 atom stereocenters. The van der Waals surface area contributed by atoms with Crippen LogP contribution in [0.2, 0.25) is 5.02 Å². The van der Waals surface area contributed by atoms with E-state index in [1.165, 1.54) is 16.4 Å². The number of nitrogens with zero attached hydrogens (tertiary/aromatic N) is 2. The molecule has 1 aromatic carbocycles. The van der Waals surface area contributed by atoms with Crippen molar-refractivity contribution in [3.05, 3.63) is 28.8 Å². The van der Waals surface area contributed by atoms with Gasteiger partial charge in [0.15, 0.2) is 9.84 Å². The molecule has 1 unspecified atom stereocenters. The molecular weight excluding hydrogens is 424 g/mol. The van der Waals surface area contributed by atoms with Crippen molar-refractivity contribution in [2.45, 2.75) is 30.7 Å². The van der Waals surface area contributed by atoms with Crippen LogP contribution < -0.4 is 0 Å². The molecule has 2 aliphatic rings. The number of sulfone groups is 1. The van der Waals surface area contributed by atoms with Crippen LogP contribution in [0.15, 0.2) is 23.1 Å². The molecule has 7 nitrogen and oxygen atoms in total. The van der Waals surface area contributed by atoms with Gasteiger partial charge in [-0.05, 0) is 44.0 Å². The largest absolute Gasteiger partial charge is 0.379 e. The number of aryl methyl sites for hydroxylation is 1. The predicted octanol–water partition coefficient (Wildman–Crippen LogP) is 1.55. The summed E-state index contributed by atoms with van der Waals surface area (Å²) >= 11 is 6.14. The summed E-state index contributed by atoms with van der Waals surface area (Å²) in [5.74, 6) is -0.0921. The van der Waals surface area contributed by atoms with Crippen molar-refractivity contribution in [3.63, 3.8) is 0 Å². The second-order valence-electron chi connectivity index (χ2n) is 7.39. The van der Waals surface area contributed by atoms with Crippen molar-refractivity contribution < 1.29 is 21.6 Å². The molecule has 0 radical (unpaired) electrons. The molecule has 0 aromatic heterocycles.